The lowest BCUT2D eigenvalue weighted by molar-refractivity contribution is 0.0997. The molecule has 196 valence electrons. The van der Waals surface area contributed by atoms with E-state index in [9.17, 15) is 13.2 Å². The van der Waals surface area contributed by atoms with Gasteiger partial charge in [-0.3, -0.25) is 4.79 Å². The molecule has 8 nitrogen and oxygen atoms in total. The zero-order valence-electron chi connectivity index (χ0n) is 22.2. The van der Waals surface area contributed by atoms with E-state index in [1.54, 1.807) is 12.1 Å². The topological polar surface area (TPSA) is 118 Å². The van der Waals surface area contributed by atoms with Crippen LogP contribution in [0, 0.1) is 5.92 Å². The summed E-state index contributed by atoms with van der Waals surface area (Å²) in [5.74, 6) is 0.178. The number of anilines is 3. The van der Waals surface area contributed by atoms with Crippen molar-refractivity contribution in [2.75, 3.05) is 16.8 Å². The molecule has 1 saturated heterocycles. The van der Waals surface area contributed by atoms with Gasteiger partial charge in [-0.15, -0.1) is 0 Å². The van der Waals surface area contributed by atoms with Crippen LogP contribution in [0.3, 0.4) is 0 Å². The summed E-state index contributed by atoms with van der Waals surface area (Å²) in [5, 5.41) is 3.02. The number of primary amides is 1. The van der Waals surface area contributed by atoms with Crippen molar-refractivity contribution in [3.8, 4) is 0 Å². The predicted molar refractivity (Wildman–Crippen MR) is 146 cm³/mol. The number of nitrogens with one attached hydrogen (secondary N) is 1. The number of benzene rings is 1. The minimum atomic E-state index is -4.18. The Morgan fingerprint density at radius 3 is 2.46 bits per heavy atom. The smallest absolute Gasteiger partial charge is 0.253 e. The van der Waals surface area contributed by atoms with E-state index in [1.165, 1.54) is 18.3 Å². The van der Waals surface area contributed by atoms with E-state index in [2.05, 4.69) is 56.8 Å². The van der Waals surface area contributed by atoms with Crippen LogP contribution in [0.1, 0.15) is 63.9 Å². The minimum Gasteiger partial charge on any atom is -0.365 e. The minimum absolute atomic E-state index is 0.0395. The predicted octanol–water partition coefficient (Wildman–Crippen LogP) is 5.07. The van der Waals surface area contributed by atoms with E-state index in [0.717, 1.165) is 17.7 Å². The first-order valence-electron chi connectivity index (χ1n) is 12.4. The van der Waals surface area contributed by atoms with Gasteiger partial charge >= 0.3 is 0 Å². The Hall–Kier alpha value is -3.46. The fraction of sp³-hybridized carbons (Fsp3) is 0.393. The second-order valence-corrected chi connectivity index (χ2v) is 13.3. The van der Waals surface area contributed by atoms with Crippen molar-refractivity contribution in [1.29, 1.82) is 0 Å². The van der Waals surface area contributed by atoms with Gasteiger partial charge in [0.15, 0.2) is 5.03 Å². The molecular weight excluding hydrogens is 486 g/mol. The van der Waals surface area contributed by atoms with Gasteiger partial charge < -0.3 is 16.0 Å². The number of hydrogen-bond acceptors (Lipinski definition) is 7. The lowest BCUT2D eigenvalue weighted by Gasteiger charge is -2.33. The van der Waals surface area contributed by atoms with Gasteiger partial charge in [-0.05, 0) is 67.5 Å². The Morgan fingerprint density at radius 2 is 1.84 bits per heavy atom. The average Bonchev–Trinajstić information content (AvgIpc) is 3.09. The van der Waals surface area contributed by atoms with Crippen molar-refractivity contribution < 1.29 is 13.2 Å². The zero-order chi connectivity index (χ0) is 27.2. The molecule has 1 aliphatic heterocycles. The molecule has 37 heavy (non-hydrogen) atoms. The highest BCUT2D eigenvalue weighted by atomic mass is 32.2. The van der Waals surface area contributed by atoms with Crippen LogP contribution in [0.15, 0.2) is 64.6 Å². The van der Waals surface area contributed by atoms with Gasteiger partial charge in [-0.25, -0.2) is 18.4 Å². The second-order valence-electron chi connectivity index (χ2n) is 11.4. The molecule has 4 rings (SSSR count). The number of nitrogens with two attached hydrogens (primary N) is 1. The normalized spacial score (nSPS) is 17.6. The lowest BCUT2D eigenvalue weighted by Crippen LogP contribution is -2.40. The molecule has 0 radical (unpaired) electrons. The number of aromatic nitrogens is 2. The number of sulfone groups is 1. The number of carbonyl (C=O) groups excluding carboxylic acids is 1. The number of carbonyl (C=O) groups is 1. The Morgan fingerprint density at radius 1 is 1.14 bits per heavy atom. The first-order valence-corrected chi connectivity index (χ1v) is 13.8. The Kier molecular flexibility index (Phi) is 6.79. The van der Waals surface area contributed by atoms with Gasteiger partial charge in [-0.1, -0.05) is 45.9 Å². The number of hydrogen-bond donors (Lipinski definition) is 2. The van der Waals surface area contributed by atoms with E-state index in [4.69, 9.17) is 5.73 Å². The first-order chi connectivity index (χ1) is 17.2. The van der Waals surface area contributed by atoms with E-state index in [0.29, 0.717) is 18.3 Å². The SMILES string of the molecule is CC1CN(c2nccc(S(=O)(=O)c3cccc(Nc4cccc(C(C)(C)C)c4)n3)c2C(N)=O)C(C)(C)C1. The van der Waals surface area contributed by atoms with Crippen molar-refractivity contribution in [3.05, 3.63) is 65.9 Å². The number of rotatable bonds is 6. The molecule has 1 aromatic carbocycles. The Bertz CT molecular complexity index is 1440. The van der Waals surface area contributed by atoms with Crippen molar-refractivity contribution in [2.24, 2.45) is 11.7 Å². The van der Waals surface area contributed by atoms with Crippen LogP contribution in [0.5, 0.6) is 0 Å². The third-order valence-corrected chi connectivity index (χ3v) is 8.45. The summed E-state index contributed by atoms with van der Waals surface area (Å²) in [7, 11) is -4.18. The van der Waals surface area contributed by atoms with Crippen LogP contribution >= 0.6 is 0 Å². The highest BCUT2D eigenvalue weighted by molar-refractivity contribution is 7.91. The van der Waals surface area contributed by atoms with Gasteiger partial charge in [0.05, 0.1) is 4.90 Å². The maximum Gasteiger partial charge on any atom is 0.253 e. The fourth-order valence-electron chi connectivity index (χ4n) is 5.01. The highest BCUT2D eigenvalue weighted by Gasteiger charge is 2.40. The van der Waals surface area contributed by atoms with Crippen LogP contribution in [-0.2, 0) is 15.3 Å². The molecule has 0 aliphatic carbocycles. The lowest BCUT2D eigenvalue weighted by atomic mass is 9.87. The number of amides is 1. The Balaban J connectivity index is 1.75. The molecule has 2 aromatic heterocycles. The molecule has 3 heterocycles. The van der Waals surface area contributed by atoms with Crippen molar-refractivity contribution in [1.82, 2.24) is 9.97 Å². The van der Waals surface area contributed by atoms with E-state index < -0.39 is 15.7 Å². The average molecular weight is 522 g/mol. The summed E-state index contributed by atoms with van der Waals surface area (Å²) in [4.78, 5) is 23.2. The second kappa shape index (κ2) is 9.45. The van der Waals surface area contributed by atoms with Crippen LogP contribution in [0.4, 0.5) is 17.3 Å². The summed E-state index contributed by atoms with van der Waals surface area (Å²) < 4.78 is 27.6. The largest absolute Gasteiger partial charge is 0.365 e. The molecule has 0 saturated carbocycles. The maximum atomic E-state index is 13.8. The summed E-state index contributed by atoms with van der Waals surface area (Å²) >= 11 is 0. The highest BCUT2D eigenvalue weighted by Crippen LogP contribution is 2.39. The summed E-state index contributed by atoms with van der Waals surface area (Å²) in [6.45, 7) is 13.2. The van der Waals surface area contributed by atoms with Gasteiger partial charge in [0.1, 0.15) is 17.2 Å². The summed E-state index contributed by atoms with van der Waals surface area (Å²) in [6, 6.07) is 14.0. The van der Waals surface area contributed by atoms with Crippen LogP contribution in [0.2, 0.25) is 0 Å². The van der Waals surface area contributed by atoms with Crippen LogP contribution < -0.4 is 16.0 Å². The van der Waals surface area contributed by atoms with Gasteiger partial charge in [0, 0.05) is 24.0 Å². The number of nitrogens with zero attached hydrogens (tertiary/aromatic N) is 3. The molecule has 9 heteroatoms. The third-order valence-electron chi connectivity index (χ3n) is 6.76. The van der Waals surface area contributed by atoms with Gasteiger partial charge in [-0.2, -0.15) is 0 Å². The quantitative estimate of drug-likeness (QED) is 0.465. The molecule has 3 N–H and O–H groups in total. The molecule has 3 aromatic rings. The molecule has 0 bridgehead atoms. The molecule has 1 unspecified atom stereocenters. The molecular formula is C28H35N5O3S. The Labute approximate surface area is 219 Å². The molecule has 1 amide bonds. The van der Waals surface area contributed by atoms with E-state index in [-0.39, 0.29) is 32.3 Å². The number of pyridine rings is 2. The zero-order valence-corrected chi connectivity index (χ0v) is 23.1. The van der Waals surface area contributed by atoms with Crippen LogP contribution in [0.25, 0.3) is 0 Å². The fourth-order valence-corrected chi connectivity index (χ4v) is 6.41. The molecule has 0 spiro atoms. The van der Waals surface area contributed by atoms with E-state index >= 15 is 0 Å². The summed E-state index contributed by atoms with van der Waals surface area (Å²) in [6.07, 6.45) is 2.30. The van der Waals surface area contributed by atoms with Gasteiger partial charge in [0.2, 0.25) is 9.84 Å². The maximum absolute atomic E-state index is 13.8. The van der Waals surface area contributed by atoms with Crippen LogP contribution in [-0.4, -0.2) is 36.4 Å². The van der Waals surface area contributed by atoms with Crippen molar-refractivity contribution in [2.45, 2.75) is 68.8 Å². The van der Waals surface area contributed by atoms with Crippen molar-refractivity contribution in [3.63, 3.8) is 0 Å². The molecule has 1 aliphatic rings. The van der Waals surface area contributed by atoms with E-state index in [1.807, 2.05) is 29.2 Å². The molecule has 1 fully saturated rings. The monoisotopic (exact) mass is 521 g/mol. The van der Waals surface area contributed by atoms with Crippen molar-refractivity contribution >= 4 is 33.1 Å². The third kappa shape index (κ3) is 5.32. The standard InChI is InChI=1S/C28H35N5O3S/c1-18-16-28(5,6)33(17-18)26-24(25(29)34)21(13-14-30-26)37(35,36)23-12-8-11-22(32-23)31-20-10-7-9-19(15-20)27(2,3)4/h7-15,18H,16-17H2,1-6H3,(H2,29,34)(H,31,32). The van der Waals surface area contributed by atoms with Gasteiger partial charge in [0.25, 0.3) is 5.91 Å². The first kappa shape index (κ1) is 26.6. The molecule has 1 atom stereocenters. The summed E-state index contributed by atoms with van der Waals surface area (Å²) in [5.41, 5.74) is 7.24.